The van der Waals surface area contributed by atoms with E-state index in [1.54, 1.807) is 0 Å². The van der Waals surface area contributed by atoms with E-state index in [9.17, 15) is 4.79 Å². The molecule has 0 saturated heterocycles. The first kappa shape index (κ1) is 13.4. The normalized spacial score (nSPS) is 12.9. The Morgan fingerprint density at radius 1 is 1.36 bits per heavy atom. The highest BCUT2D eigenvalue weighted by atomic mass is 16.5. The second kappa shape index (κ2) is 7.80. The van der Waals surface area contributed by atoms with Crippen molar-refractivity contribution in [3.8, 4) is 0 Å². The lowest BCUT2D eigenvalue weighted by Gasteiger charge is -2.18. The molecule has 1 N–H and O–H groups in total. The minimum absolute atomic E-state index is 0.116. The second-order valence-corrected chi connectivity index (χ2v) is 3.80. The third-order valence-corrected chi connectivity index (χ3v) is 1.97. The fourth-order valence-corrected chi connectivity index (χ4v) is 1.17. The molecule has 0 aliphatic heterocycles. The van der Waals surface area contributed by atoms with Gasteiger partial charge in [0.15, 0.2) is 0 Å². The maximum Gasteiger partial charge on any atom is 0.323 e. The van der Waals surface area contributed by atoms with Gasteiger partial charge in [-0.25, -0.2) is 0 Å². The SMILES string of the molecule is CCCCOC(=O)C(CC)NC(C)C. The van der Waals surface area contributed by atoms with Crippen molar-refractivity contribution in [1.82, 2.24) is 5.32 Å². The van der Waals surface area contributed by atoms with Crippen LogP contribution in [0, 0.1) is 0 Å². The van der Waals surface area contributed by atoms with Crippen LogP contribution < -0.4 is 5.32 Å². The van der Waals surface area contributed by atoms with Gasteiger partial charge < -0.3 is 10.1 Å². The summed E-state index contributed by atoms with van der Waals surface area (Å²) in [6, 6.07) is 0.172. The van der Waals surface area contributed by atoms with Crippen LogP contribution in [0.25, 0.3) is 0 Å². The largest absolute Gasteiger partial charge is 0.465 e. The van der Waals surface area contributed by atoms with Crippen LogP contribution in [-0.2, 0) is 9.53 Å². The van der Waals surface area contributed by atoms with Gasteiger partial charge in [0.25, 0.3) is 0 Å². The van der Waals surface area contributed by atoms with Gasteiger partial charge in [0.2, 0.25) is 0 Å². The lowest BCUT2D eigenvalue weighted by atomic mass is 10.2. The smallest absolute Gasteiger partial charge is 0.323 e. The Bertz CT molecular complexity index is 157. The fraction of sp³-hybridized carbons (Fsp3) is 0.909. The van der Waals surface area contributed by atoms with E-state index < -0.39 is 0 Å². The summed E-state index contributed by atoms with van der Waals surface area (Å²) in [5, 5.41) is 3.18. The molecule has 3 heteroatoms. The van der Waals surface area contributed by atoms with E-state index in [1.807, 2.05) is 20.8 Å². The molecule has 0 aliphatic carbocycles. The second-order valence-electron chi connectivity index (χ2n) is 3.80. The van der Waals surface area contributed by atoms with Gasteiger partial charge in [-0.3, -0.25) is 4.79 Å². The van der Waals surface area contributed by atoms with Gasteiger partial charge >= 0.3 is 5.97 Å². The summed E-state index contributed by atoms with van der Waals surface area (Å²) in [7, 11) is 0. The quantitative estimate of drug-likeness (QED) is 0.506. The van der Waals surface area contributed by atoms with Crippen LogP contribution in [0.15, 0.2) is 0 Å². The number of hydrogen-bond acceptors (Lipinski definition) is 3. The Hall–Kier alpha value is -0.570. The van der Waals surface area contributed by atoms with E-state index in [0.29, 0.717) is 12.6 Å². The van der Waals surface area contributed by atoms with Gasteiger partial charge in [0.1, 0.15) is 6.04 Å². The minimum Gasteiger partial charge on any atom is -0.465 e. The Kier molecular flexibility index (Phi) is 7.48. The molecule has 0 saturated carbocycles. The Morgan fingerprint density at radius 3 is 2.43 bits per heavy atom. The van der Waals surface area contributed by atoms with Crippen LogP contribution in [0.2, 0.25) is 0 Å². The zero-order chi connectivity index (χ0) is 11.0. The molecule has 0 aromatic rings. The molecule has 14 heavy (non-hydrogen) atoms. The number of carbonyl (C=O) groups excluding carboxylic acids is 1. The van der Waals surface area contributed by atoms with Crippen LogP contribution in [0.3, 0.4) is 0 Å². The molecule has 0 amide bonds. The molecule has 0 aromatic carbocycles. The zero-order valence-corrected chi connectivity index (χ0v) is 9.80. The summed E-state index contributed by atoms with van der Waals surface area (Å²) in [6.07, 6.45) is 2.79. The summed E-state index contributed by atoms with van der Waals surface area (Å²) in [4.78, 5) is 11.5. The van der Waals surface area contributed by atoms with E-state index >= 15 is 0 Å². The molecule has 0 aromatic heterocycles. The molecule has 0 rings (SSSR count). The number of hydrogen-bond donors (Lipinski definition) is 1. The third kappa shape index (κ3) is 5.97. The van der Waals surface area contributed by atoms with Crippen molar-refractivity contribution in [2.24, 2.45) is 0 Å². The number of nitrogens with one attached hydrogen (secondary N) is 1. The average Bonchev–Trinajstić information content (AvgIpc) is 2.14. The highest BCUT2D eigenvalue weighted by Crippen LogP contribution is 1.98. The van der Waals surface area contributed by atoms with Crippen molar-refractivity contribution < 1.29 is 9.53 Å². The highest BCUT2D eigenvalue weighted by molar-refractivity contribution is 5.75. The van der Waals surface area contributed by atoms with Gasteiger partial charge in [-0.2, -0.15) is 0 Å². The maximum absolute atomic E-state index is 11.5. The van der Waals surface area contributed by atoms with Crippen LogP contribution in [0.1, 0.15) is 47.0 Å². The van der Waals surface area contributed by atoms with Crippen LogP contribution in [0.5, 0.6) is 0 Å². The van der Waals surface area contributed by atoms with Crippen LogP contribution in [-0.4, -0.2) is 24.7 Å². The molecule has 0 aliphatic rings. The van der Waals surface area contributed by atoms with Crippen molar-refractivity contribution in [1.29, 1.82) is 0 Å². The molecule has 1 unspecified atom stereocenters. The van der Waals surface area contributed by atoms with Crippen molar-refractivity contribution in [2.75, 3.05) is 6.61 Å². The number of ether oxygens (including phenoxy) is 1. The predicted molar refractivity (Wildman–Crippen MR) is 58.2 cm³/mol. The molecule has 0 radical (unpaired) electrons. The van der Waals surface area contributed by atoms with Gasteiger partial charge in [0, 0.05) is 6.04 Å². The fourth-order valence-electron chi connectivity index (χ4n) is 1.17. The van der Waals surface area contributed by atoms with Crippen molar-refractivity contribution >= 4 is 5.97 Å². The number of rotatable bonds is 7. The summed E-state index contributed by atoms with van der Waals surface area (Å²) < 4.78 is 5.13. The lowest BCUT2D eigenvalue weighted by Crippen LogP contribution is -2.41. The Labute approximate surface area is 87.2 Å². The number of unbranched alkanes of at least 4 members (excludes halogenated alkanes) is 1. The van der Waals surface area contributed by atoms with Crippen molar-refractivity contribution in [3.05, 3.63) is 0 Å². The molecular weight excluding hydrogens is 178 g/mol. The summed E-state index contributed by atoms with van der Waals surface area (Å²) >= 11 is 0. The van der Waals surface area contributed by atoms with Gasteiger partial charge in [0.05, 0.1) is 6.61 Å². The van der Waals surface area contributed by atoms with E-state index in [0.717, 1.165) is 19.3 Å². The Morgan fingerprint density at radius 2 is 2.00 bits per heavy atom. The summed E-state index contributed by atoms with van der Waals surface area (Å²) in [5.41, 5.74) is 0. The lowest BCUT2D eigenvalue weighted by molar-refractivity contribution is -0.146. The van der Waals surface area contributed by atoms with Gasteiger partial charge in [-0.1, -0.05) is 34.1 Å². The maximum atomic E-state index is 11.5. The summed E-state index contributed by atoms with van der Waals surface area (Å²) in [5.74, 6) is -0.116. The first-order valence-corrected chi connectivity index (χ1v) is 5.54. The van der Waals surface area contributed by atoms with E-state index in [-0.39, 0.29) is 12.0 Å². The van der Waals surface area contributed by atoms with E-state index in [2.05, 4.69) is 12.2 Å². The van der Waals surface area contributed by atoms with Crippen molar-refractivity contribution in [3.63, 3.8) is 0 Å². The Balaban J connectivity index is 3.79. The molecule has 0 fully saturated rings. The topological polar surface area (TPSA) is 38.3 Å². The highest BCUT2D eigenvalue weighted by Gasteiger charge is 2.17. The molecule has 0 spiro atoms. The molecule has 0 bridgehead atoms. The minimum atomic E-state index is -0.146. The first-order valence-electron chi connectivity index (χ1n) is 5.54. The van der Waals surface area contributed by atoms with E-state index in [1.165, 1.54) is 0 Å². The van der Waals surface area contributed by atoms with Crippen LogP contribution >= 0.6 is 0 Å². The molecule has 1 atom stereocenters. The molecule has 84 valence electrons. The van der Waals surface area contributed by atoms with Crippen LogP contribution in [0.4, 0.5) is 0 Å². The zero-order valence-electron chi connectivity index (χ0n) is 9.80. The molecular formula is C11H23NO2. The van der Waals surface area contributed by atoms with E-state index in [4.69, 9.17) is 4.74 Å². The third-order valence-electron chi connectivity index (χ3n) is 1.97. The summed E-state index contributed by atoms with van der Waals surface area (Å²) in [6.45, 7) is 8.67. The number of esters is 1. The molecule has 3 nitrogen and oxygen atoms in total. The van der Waals surface area contributed by atoms with Gasteiger partial charge in [-0.05, 0) is 12.8 Å². The monoisotopic (exact) mass is 201 g/mol. The number of carbonyl (C=O) groups is 1. The van der Waals surface area contributed by atoms with Gasteiger partial charge in [-0.15, -0.1) is 0 Å². The molecule has 0 heterocycles. The standard InChI is InChI=1S/C11H23NO2/c1-5-7-8-14-11(13)10(6-2)12-9(3)4/h9-10,12H,5-8H2,1-4H3. The first-order chi connectivity index (χ1) is 6.61. The van der Waals surface area contributed by atoms with Crippen molar-refractivity contribution in [2.45, 2.75) is 59.0 Å². The predicted octanol–water partition coefficient (Wildman–Crippen LogP) is 2.11. The average molecular weight is 201 g/mol.